The van der Waals surface area contributed by atoms with Crippen LogP contribution in [0.2, 0.25) is 0 Å². The van der Waals surface area contributed by atoms with Gasteiger partial charge in [-0.05, 0) is 20.8 Å². The molecule has 23 heavy (non-hydrogen) atoms. The van der Waals surface area contributed by atoms with Crippen LogP contribution in [0.1, 0.15) is 20.8 Å². The highest BCUT2D eigenvalue weighted by Crippen LogP contribution is 2.38. The Kier molecular flexibility index (Phi) is 5.83. The maximum Gasteiger partial charge on any atom is 0.277 e. The van der Waals surface area contributed by atoms with E-state index in [0.717, 1.165) is 4.90 Å². The molecule has 0 spiro atoms. The van der Waals surface area contributed by atoms with Gasteiger partial charge in [-0.2, -0.15) is 0 Å². The number of aliphatic hydroxyl groups is 6. The molecule has 0 fully saturated rings. The molecular formula is C13H25N3O7. The maximum absolute atomic E-state index is 12.8. The van der Waals surface area contributed by atoms with Crippen LogP contribution >= 0.6 is 0 Å². The van der Waals surface area contributed by atoms with Gasteiger partial charge in [0.15, 0.2) is 0 Å². The van der Waals surface area contributed by atoms with E-state index in [4.69, 9.17) is 0 Å². The lowest BCUT2D eigenvalue weighted by molar-refractivity contribution is -0.195. The SMILES string of the molecule is CC(O)C(CO)(CO)N(C(=O)C1(C)N=N1)C(CO)(CO)C(C)O. The zero-order chi connectivity index (χ0) is 18.1. The Morgan fingerprint density at radius 3 is 1.43 bits per heavy atom. The van der Waals surface area contributed by atoms with Crippen molar-refractivity contribution in [3.05, 3.63) is 0 Å². The lowest BCUT2D eigenvalue weighted by Gasteiger charge is -2.54. The third-order valence-electron chi connectivity index (χ3n) is 4.55. The molecule has 1 aliphatic heterocycles. The summed E-state index contributed by atoms with van der Waals surface area (Å²) in [6.07, 6.45) is -2.89. The number of rotatable bonds is 9. The Morgan fingerprint density at radius 1 is 0.957 bits per heavy atom. The van der Waals surface area contributed by atoms with Crippen molar-refractivity contribution in [3.8, 4) is 0 Å². The molecule has 1 rings (SSSR count). The first kappa shape index (κ1) is 19.9. The van der Waals surface area contributed by atoms with Crippen LogP contribution in [0.25, 0.3) is 0 Å². The highest BCUT2D eigenvalue weighted by Gasteiger charge is 2.60. The topological polar surface area (TPSA) is 166 Å². The van der Waals surface area contributed by atoms with E-state index in [1.807, 2.05) is 0 Å². The second-order valence-corrected chi connectivity index (χ2v) is 6.05. The van der Waals surface area contributed by atoms with Gasteiger partial charge in [0.25, 0.3) is 11.6 Å². The van der Waals surface area contributed by atoms with Gasteiger partial charge >= 0.3 is 0 Å². The van der Waals surface area contributed by atoms with Gasteiger partial charge in [-0.3, -0.25) is 4.79 Å². The molecule has 1 heterocycles. The quantitative estimate of drug-likeness (QED) is 0.265. The van der Waals surface area contributed by atoms with Gasteiger partial charge in [-0.1, -0.05) is 0 Å². The Balaban J connectivity index is 3.57. The minimum Gasteiger partial charge on any atom is -0.394 e. The van der Waals surface area contributed by atoms with Crippen molar-refractivity contribution in [1.82, 2.24) is 4.90 Å². The Hall–Kier alpha value is -1.17. The monoisotopic (exact) mass is 335 g/mol. The fourth-order valence-corrected chi connectivity index (χ4v) is 2.51. The maximum atomic E-state index is 12.8. The summed E-state index contributed by atoms with van der Waals surface area (Å²) in [6, 6.07) is 0. The predicted molar refractivity (Wildman–Crippen MR) is 77.3 cm³/mol. The van der Waals surface area contributed by atoms with Gasteiger partial charge in [0, 0.05) is 0 Å². The zero-order valence-electron chi connectivity index (χ0n) is 13.4. The zero-order valence-corrected chi connectivity index (χ0v) is 13.4. The molecule has 2 unspecified atom stereocenters. The molecule has 0 radical (unpaired) electrons. The Morgan fingerprint density at radius 2 is 1.26 bits per heavy atom. The number of aliphatic hydroxyl groups excluding tert-OH is 6. The van der Waals surface area contributed by atoms with Crippen LogP contribution in [-0.2, 0) is 4.79 Å². The smallest absolute Gasteiger partial charge is 0.277 e. The van der Waals surface area contributed by atoms with E-state index in [0.29, 0.717) is 0 Å². The molecule has 0 saturated heterocycles. The van der Waals surface area contributed by atoms with Crippen molar-refractivity contribution in [1.29, 1.82) is 0 Å². The first-order valence-electron chi connectivity index (χ1n) is 7.20. The summed E-state index contributed by atoms with van der Waals surface area (Å²) in [5.74, 6) is -0.870. The largest absolute Gasteiger partial charge is 0.394 e. The summed E-state index contributed by atoms with van der Waals surface area (Å²) in [4.78, 5) is 13.6. The minimum atomic E-state index is -1.96. The average molecular weight is 335 g/mol. The van der Waals surface area contributed by atoms with Gasteiger partial charge in [-0.15, -0.1) is 10.2 Å². The van der Waals surface area contributed by atoms with Gasteiger partial charge in [0.05, 0.1) is 38.6 Å². The Bertz CT molecular complexity index is 428. The molecular weight excluding hydrogens is 310 g/mol. The summed E-state index contributed by atoms with van der Waals surface area (Å²) in [5.41, 5.74) is -5.44. The number of hydrogen-bond donors (Lipinski definition) is 6. The predicted octanol–water partition coefficient (Wildman–Crippen LogP) is -2.79. The second kappa shape index (κ2) is 6.75. The molecule has 1 aliphatic rings. The van der Waals surface area contributed by atoms with Crippen LogP contribution in [-0.4, -0.2) is 96.8 Å². The standard InChI is InChI=1S/C13H25N3O7/c1-8(21)12(4-17,5-18)16(10(23)11(3)14-15-11)13(6-19,7-20)9(2)22/h8-9,17-22H,4-7H2,1-3H3. The number of nitrogens with zero attached hydrogens (tertiary/aromatic N) is 3. The van der Waals surface area contributed by atoms with Crippen LogP contribution in [0.15, 0.2) is 10.2 Å². The van der Waals surface area contributed by atoms with Gasteiger partial charge in [-0.25, -0.2) is 0 Å². The third-order valence-corrected chi connectivity index (χ3v) is 4.55. The van der Waals surface area contributed by atoms with Crippen LogP contribution < -0.4 is 0 Å². The normalized spacial score (nSPS) is 19.3. The molecule has 134 valence electrons. The molecule has 1 amide bonds. The van der Waals surface area contributed by atoms with Crippen molar-refractivity contribution in [2.24, 2.45) is 10.2 Å². The van der Waals surface area contributed by atoms with Crippen molar-refractivity contribution < 1.29 is 35.4 Å². The summed E-state index contributed by atoms with van der Waals surface area (Å²) in [7, 11) is 0. The molecule has 10 nitrogen and oxygen atoms in total. The van der Waals surface area contributed by atoms with Gasteiger partial charge in [0.2, 0.25) is 0 Å². The molecule has 0 aromatic rings. The number of amides is 1. The van der Waals surface area contributed by atoms with Crippen LogP contribution in [0.4, 0.5) is 0 Å². The minimum absolute atomic E-state index is 0.731. The van der Waals surface area contributed by atoms with E-state index in [1.165, 1.54) is 20.8 Å². The molecule has 2 atom stereocenters. The van der Waals surface area contributed by atoms with Crippen LogP contribution in [0.3, 0.4) is 0 Å². The highest BCUT2D eigenvalue weighted by molar-refractivity contribution is 5.89. The summed E-state index contributed by atoms with van der Waals surface area (Å²) >= 11 is 0. The van der Waals surface area contributed by atoms with Crippen molar-refractivity contribution in [3.63, 3.8) is 0 Å². The molecule has 10 heteroatoms. The first-order valence-corrected chi connectivity index (χ1v) is 7.20. The Labute approximate surface area is 133 Å². The molecule has 0 bridgehead atoms. The molecule has 0 aromatic heterocycles. The van der Waals surface area contributed by atoms with E-state index in [2.05, 4.69) is 10.2 Å². The summed E-state index contributed by atoms with van der Waals surface area (Å²) in [5, 5.41) is 66.4. The van der Waals surface area contributed by atoms with Crippen molar-refractivity contribution >= 4 is 5.91 Å². The second-order valence-electron chi connectivity index (χ2n) is 6.05. The van der Waals surface area contributed by atoms with E-state index in [9.17, 15) is 35.4 Å². The average Bonchev–Trinajstić information content (AvgIpc) is 3.26. The van der Waals surface area contributed by atoms with Crippen molar-refractivity contribution in [2.45, 2.75) is 49.7 Å². The highest BCUT2D eigenvalue weighted by atomic mass is 16.3. The van der Waals surface area contributed by atoms with E-state index >= 15 is 0 Å². The molecule has 0 aromatic carbocycles. The number of carbonyl (C=O) groups is 1. The first-order chi connectivity index (χ1) is 10.6. The molecule has 6 N–H and O–H groups in total. The number of carbonyl (C=O) groups excluding carboxylic acids is 1. The van der Waals surface area contributed by atoms with Crippen LogP contribution in [0.5, 0.6) is 0 Å². The summed E-state index contributed by atoms with van der Waals surface area (Å²) < 4.78 is 0. The lowest BCUT2D eigenvalue weighted by atomic mass is 9.82. The fourth-order valence-electron chi connectivity index (χ4n) is 2.51. The third kappa shape index (κ3) is 2.97. The van der Waals surface area contributed by atoms with E-state index < -0.39 is 61.3 Å². The van der Waals surface area contributed by atoms with Gasteiger partial charge < -0.3 is 35.5 Å². The fraction of sp³-hybridized carbons (Fsp3) is 0.923. The van der Waals surface area contributed by atoms with E-state index in [1.54, 1.807) is 0 Å². The van der Waals surface area contributed by atoms with E-state index in [-0.39, 0.29) is 0 Å². The lowest BCUT2D eigenvalue weighted by Crippen LogP contribution is -2.76. The molecule has 0 saturated carbocycles. The molecule has 0 aliphatic carbocycles. The van der Waals surface area contributed by atoms with Crippen molar-refractivity contribution in [2.75, 3.05) is 26.4 Å². The summed E-state index contributed by atoms with van der Waals surface area (Å²) in [6.45, 7) is 0.310. The van der Waals surface area contributed by atoms with Crippen LogP contribution in [0, 0.1) is 0 Å². The van der Waals surface area contributed by atoms with Gasteiger partial charge in [0.1, 0.15) is 11.1 Å². The number of hydrogen-bond acceptors (Lipinski definition) is 9.